The summed E-state index contributed by atoms with van der Waals surface area (Å²) in [5, 5.41) is 11.3. The second-order valence-electron chi connectivity index (χ2n) is 7.06. The Kier molecular flexibility index (Phi) is 5.79. The molecule has 0 radical (unpaired) electrons. The van der Waals surface area contributed by atoms with Crippen molar-refractivity contribution in [2.24, 2.45) is 0 Å². The summed E-state index contributed by atoms with van der Waals surface area (Å²) in [6.45, 7) is 0.856. The van der Waals surface area contributed by atoms with Crippen LogP contribution in [-0.4, -0.2) is 36.9 Å². The summed E-state index contributed by atoms with van der Waals surface area (Å²) in [7, 11) is 3.33. The third-order valence-corrected chi connectivity index (χ3v) is 5.26. The van der Waals surface area contributed by atoms with Gasteiger partial charge in [-0.3, -0.25) is 4.79 Å². The van der Waals surface area contributed by atoms with Crippen LogP contribution in [0.1, 0.15) is 34.9 Å². The number of methoxy groups -OCH3 is 2. The molecule has 1 aromatic heterocycles. The quantitative estimate of drug-likeness (QED) is 0.667. The van der Waals surface area contributed by atoms with E-state index in [-0.39, 0.29) is 17.6 Å². The van der Waals surface area contributed by atoms with Crippen LogP contribution in [0.5, 0.6) is 11.5 Å². The molecular formula is C23H24N4O3. The molecular weight excluding hydrogens is 380 g/mol. The Balaban J connectivity index is 1.54. The molecule has 1 saturated heterocycles. The molecule has 0 saturated carbocycles. The molecule has 1 atom stereocenters. The number of para-hydroxylation sites is 1. The van der Waals surface area contributed by atoms with Gasteiger partial charge in [-0.15, -0.1) is 10.2 Å². The maximum Gasteiger partial charge on any atom is 0.276 e. The van der Waals surface area contributed by atoms with Gasteiger partial charge in [0.1, 0.15) is 11.5 Å². The molecule has 1 amide bonds. The molecule has 4 rings (SSSR count). The fourth-order valence-electron chi connectivity index (χ4n) is 3.78. The smallest absolute Gasteiger partial charge is 0.276 e. The molecule has 1 fully saturated rings. The van der Waals surface area contributed by atoms with Crippen molar-refractivity contribution in [3.63, 3.8) is 0 Å². The lowest BCUT2D eigenvalue weighted by molar-refractivity contribution is 0.102. The molecule has 154 valence electrons. The van der Waals surface area contributed by atoms with Crippen LogP contribution in [0, 0.1) is 0 Å². The van der Waals surface area contributed by atoms with Crippen LogP contribution in [0.2, 0.25) is 0 Å². The van der Waals surface area contributed by atoms with Crippen LogP contribution < -0.4 is 19.7 Å². The standard InChI is InChI=1S/C23H24N4O3/c1-29-17-10-12-21(30-2)18(15-17)20-9-6-14-27(20)22-13-11-19(25-26-22)23(28)24-16-7-4-3-5-8-16/h3-5,7-8,10-13,15,20H,6,9,14H2,1-2H3,(H,24,28). The van der Waals surface area contributed by atoms with Crippen molar-refractivity contribution < 1.29 is 14.3 Å². The van der Waals surface area contributed by atoms with Crippen molar-refractivity contribution in [1.82, 2.24) is 10.2 Å². The van der Waals surface area contributed by atoms with Crippen LogP contribution in [-0.2, 0) is 0 Å². The lowest BCUT2D eigenvalue weighted by Crippen LogP contribution is -2.25. The van der Waals surface area contributed by atoms with Gasteiger partial charge in [-0.05, 0) is 55.3 Å². The Bertz CT molecular complexity index is 1010. The van der Waals surface area contributed by atoms with Crippen molar-refractivity contribution >= 4 is 17.4 Å². The van der Waals surface area contributed by atoms with Gasteiger partial charge in [-0.1, -0.05) is 18.2 Å². The molecule has 1 aliphatic rings. The number of hydrogen-bond acceptors (Lipinski definition) is 6. The van der Waals surface area contributed by atoms with E-state index in [2.05, 4.69) is 20.4 Å². The number of ether oxygens (including phenoxy) is 2. The highest BCUT2D eigenvalue weighted by Crippen LogP contribution is 2.40. The minimum absolute atomic E-state index is 0.105. The number of amides is 1. The average molecular weight is 404 g/mol. The van der Waals surface area contributed by atoms with Gasteiger partial charge >= 0.3 is 0 Å². The maximum absolute atomic E-state index is 12.4. The molecule has 2 aromatic carbocycles. The highest BCUT2D eigenvalue weighted by Gasteiger charge is 2.30. The highest BCUT2D eigenvalue weighted by molar-refractivity contribution is 6.02. The third kappa shape index (κ3) is 4.05. The molecule has 0 bridgehead atoms. The van der Waals surface area contributed by atoms with Crippen molar-refractivity contribution in [3.05, 3.63) is 71.9 Å². The Morgan fingerprint density at radius 3 is 2.57 bits per heavy atom. The Morgan fingerprint density at radius 1 is 1.03 bits per heavy atom. The van der Waals surface area contributed by atoms with Crippen molar-refractivity contribution in [3.8, 4) is 11.5 Å². The fraction of sp³-hybridized carbons (Fsp3) is 0.261. The van der Waals surface area contributed by atoms with Gasteiger partial charge in [0.25, 0.3) is 5.91 Å². The van der Waals surface area contributed by atoms with Crippen LogP contribution in [0.3, 0.4) is 0 Å². The summed E-state index contributed by atoms with van der Waals surface area (Å²) in [4.78, 5) is 14.6. The van der Waals surface area contributed by atoms with E-state index in [9.17, 15) is 4.79 Å². The molecule has 0 aliphatic carbocycles. The van der Waals surface area contributed by atoms with Crippen molar-refractivity contribution in [2.75, 3.05) is 31.0 Å². The molecule has 2 heterocycles. The molecule has 3 aromatic rings. The van der Waals surface area contributed by atoms with Gasteiger partial charge in [-0.2, -0.15) is 0 Å². The predicted octanol–water partition coefficient (Wildman–Crippen LogP) is 4.09. The zero-order valence-electron chi connectivity index (χ0n) is 17.0. The molecule has 1 aliphatic heterocycles. The first-order valence-corrected chi connectivity index (χ1v) is 9.88. The number of carbonyl (C=O) groups excluding carboxylic acids is 1. The molecule has 7 nitrogen and oxygen atoms in total. The van der Waals surface area contributed by atoms with E-state index < -0.39 is 0 Å². The van der Waals surface area contributed by atoms with E-state index >= 15 is 0 Å². The van der Waals surface area contributed by atoms with Gasteiger partial charge in [0.15, 0.2) is 11.5 Å². The van der Waals surface area contributed by atoms with Crippen molar-refractivity contribution in [1.29, 1.82) is 0 Å². The summed E-state index contributed by atoms with van der Waals surface area (Å²) < 4.78 is 11.0. The monoisotopic (exact) mass is 404 g/mol. The van der Waals surface area contributed by atoms with Gasteiger partial charge in [-0.25, -0.2) is 0 Å². The lowest BCUT2D eigenvalue weighted by Gasteiger charge is -2.27. The van der Waals surface area contributed by atoms with Gasteiger partial charge in [0.2, 0.25) is 0 Å². The second kappa shape index (κ2) is 8.82. The SMILES string of the molecule is COc1ccc(OC)c(C2CCCN2c2ccc(C(=O)Nc3ccccc3)nn2)c1. The second-order valence-corrected chi connectivity index (χ2v) is 7.06. The van der Waals surface area contributed by atoms with Gasteiger partial charge < -0.3 is 19.7 Å². The molecule has 1 unspecified atom stereocenters. The largest absolute Gasteiger partial charge is 0.497 e. The lowest BCUT2D eigenvalue weighted by atomic mass is 10.0. The van der Waals surface area contributed by atoms with Crippen LogP contribution >= 0.6 is 0 Å². The number of anilines is 2. The maximum atomic E-state index is 12.4. The van der Waals surface area contributed by atoms with E-state index in [0.29, 0.717) is 0 Å². The van der Waals surface area contributed by atoms with Crippen LogP contribution in [0.25, 0.3) is 0 Å². The third-order valence-electron chi connectivity index (χ3n) is 5.26. The highest BCUT2D eigenvalue weighted by atomic mass is 16.5. The molecule has 1 N–H and O–H groups in total. The summed E-state index contributed by atoms with van der Waals surface area (Å²) in [6.07, 6.45) is 2.00. The summed E-state index contributed by atoms with van der Waals surface area (Å²) >= 11 is 0. The zero-order chi connectivity index (χ0) is 20.9. The number of aromatic nitrogens is 2. The van der Waals surface area contributed by atoms with E-state index in [0.717, 1.165) is 48.0 Å². The Hall–Kier alpha value is -3.61. The Labute approximate surface area is 175 Å². The normalized spacial score (nSPS) is 15.7. The number of hydrogen-bond donors (Lipinski definition) is 1. The Morgan fingerprint density at radius 2 is 1.87 bits per heavy atom. The fourth-order valence-corrected chi connectivity index (χ4v) is 3.78. The molecule has 7 heteroatoms. The molecule has 0 spiro atoms. The number of rotatable bonds is 6. The number of benzene rings is 2. The van der Waals surface area contributed by atoms with Crippen LogP contribution in [0.4, 0.5) is 11.5 Å². The summed E-state index contributed by atoms with van der Waals surface area (Å²) in [6, 6.07) is 18.8. The first-order chi connectivity index (χ1) is 14.7. The van der Waals surface area contributed by atoms with Crippen molar-refractivity contribution in [2.45, 2.75) is 18.9 Å². The number of carbonyl (C=O) groups is 1. The van der Waals surface area contributed by atoms with E-state index in [1.165, 1.54) is 0 Å². The first kappa shape index (κ1) is 19.7. The predicted molar refractivity (Wildman–Crippen MR) is 115 cm³/mol. The van der Waals surface area contributed by atoms with Gasteiger partial charge in [0, 0.05) is 17.8 Å². The minimum atomic E-state index is -0.285. The summed E-state index contributed by atoms with van der Waals surface area (Å²) in [5.74, 6) is 2.06. The summed E-state index contributed by atoms with van der Waals surface area (Å²) in [5.41, 5.74) is 2.05. The van der Waals surface area contributed by atoms with E-state index in [4.69, 9.17) is 9.47 Å². The zero-order valence-corrected chi connectivity index (χ0v) is 17.0. The number of nitrogens with zero attached hydrogens (tertiary/aromatic N) is 3. The average Bonchev–Trinajstić information content (AvgIpc) is 3.29. The molecule has 30 heavy (non-hydrogen) atoms. The number of nitrogens with one attached hydrogen (secondary N) is 1. The van der Waals surface area contributed by atoms with Gasteiger partial charge in [0.05, 0.1) is 20.3 Å². The topological polar surface area (TPSA) is 76.6 Å². The minimum Gasteiger partial charge on any atom is -0.497 e. The van der Waals surface area contributed by atoms with E-state index in [1.807, 2.05) is 54.6 Å². The van der Waals surface area contributed by atoms with Crippen LogP contribution in [0.15, 0.2) is 60.7 Å². The van der Waals surface area contributed by atoms with E-state index in [1.54, 1.807) is 20.3 Å². The first-order valence-electron chi connectivity index (χ1n) is 9.88.